The second-order valence-electron chi connectivity index (χ2n) is 13.5. The molecular formula is C39H50I2N4O5. The Morgan fingerprint density at radius 2 is 1.48 bits per heavy atom. The molecule has 5 rings (SSSR count). The minimum atomic E-state index is -1.56. The molecule has 2 heterocycles. The second kappa shape index (κ2) is 18.5. The van der Waals surface area contributed by atoms with Crippen LogP contribution in [0, 0.1) is 19.8 Å². The number of halogens is 2. The predicted molar refractivity (Wildman–Crippen MR) is 215 cm³/mol. The van der Waals surface area contributed by atoms with Gasteiger partial charge in [0, 0.05) is 0 Å². The SMILES string of the molecule is Cc1cccc(C)c1OCC(=O)N[C@@H](Cc1ccccc1)[C@H](C[C@H](Cc1ccccc1)NC(=O)[C@H](C(C)C)N1CCCN(I)C1=O)OI1CC1. The molecule has 0 bridgehead atoms. The van der Waals surface area contributed by atoms with Gasteiger partial charge in [-0.3, -0.25) is 0 Å². The van der Waals surface area contributed by atoms with E-state index in [1.165, 1.54) is 0 Å². The third-order valence-corrected chi connectivity index (χ3v) is 13.3. The van der Waals surface area contributed by atoms with Crippen molar-refractivity contribution in [3.05, 3.63) is 101 Å². The number of nitrogens with zero attached hydrogens (tertiary/aromatic N) is 2. The molecule has 9 nitrogen and oxygen atoms in total. The van der Waals surface area contributed by atoms with Crippen molar-refractivity contribution in [2.75, 3.05) is 28.6 Å². The monoisotopic (exact) mass is 908 g/mol. The number of alkyl halides is 2. The Morgan fingerprint density at radius 1 is 0.860 bits per heavy atom. The Bertz CT molecular complexity index is 1550. The van der Waals surface area contributed by atoms with E-state index in [9.17, 15) is 14.4 Å². The molecule has 50 heavy (non-hydrogen) atoms. The molecule has 2 aliphatic rings. The van der Waals surface area contributed by atoms with E-state index in [4.69, 9.17) is 7.80 Å². The van der Waals surface area contributed by atoms with Crippen molar-refractivity contribution in [1.29, 1.82) is 0 Å². The molecule has 2 saturated heterocycles. The minimum absolute atomic E-state index is 0.0758. The van der Waals surface area contributed by atoms with Gasteiger partial charge in [0.2, 0.25) is 0 Å². The molecule has 3 aromatic rings. The first-order valence-corrected chi connectivity index (χ1v) is 22.4. The molecule has 0 spiro atoms. The van der Waals surface area contributed by atoms with E-state index < -0.39 is 26.3 Å². The topological polar surface area (TPSA) is 100 Å². The van der Waals surface area contributed by atoms with E-state index in [1.54, 1.807) is 8.01 Å². The molecular weight excluding hydrogens is 858 g/mol. The fourth-order valence-electron chi connectivity index (χ4n) is 6.53. The first-order chi connectivity index (χ1) is 24.1. The normalized spacial score (nSPS) is 17.6. The van der Waals surface area contributed by atoms with Crippen molar-refractivity contribution in [1.82, 2.24) is 18.6 Å². The van der Waals surface area contributed by atoms with Crippen molar-refractivity contribution in [2.24, 2.45) is 5.92 Å². The van der Waals surface area contributed by atoms with Crippen LogP contribution in [-0.2, 0) is 25.5 Å². The summed E-state index contributed by atoms with van der Waals surface area (Å²) in [5.74, 6) is 0.283. The van der Waals surface area contributed by atoms with Crippen LogP contribution in [0.5, 0.6) is 5.75 Å². The summed E-state index contributed by atoms with van der Waals surface area (Å²) in [7, 11) is 0. The summed E-state index contributed by atoms with van der Waals surface area (Å²) < 4.78 is 16.8. The summed E-state index contributed by atoms with van der Waals surface area (Å²) in [4.78, 5) is 42.8. The number of ether oxygens (including phenoxy) is 1. The van der Waals surface area contributed by atoms with Crippen molar-refractivity contribution >= 4 is 60.9 Å². The molecule has 0 aliphatic carbocycles. The number of carbonyl (C=O) groups excluding carboxylic acids is 3. The summed E-state index contributed by atoms with van der Waals surface area (Å²) in [6.07, 6.45) is 2.19. The van der Waals surface area contributed by atoms with Gasteiger partial charge in [-0.2, -0.15) is 0 Å². The van der Waals surface area contributed by atoms with E-state index in [0.717, 1.165) is 43.3 Å². The van der Waals surface area contributed by atoms with Crippen LogP contribution in [0.3, 0.4) is 0 Å². The molecule has 0 radical (unpaired) electrons. The van der Waals surface area contributed by atoms with Crippen LogP contribution < -0.4 is 15.4 Å². The van der Waals surface area contributed by atoms with E-state index in [0.29, 0.717) is 32.4 Å². The number of nitrogens with one attached hydrogen (secondary N) is 2. The first-order valence-electron chi connectivity index (χ1n) is 17.5. The zero-order valence-electron chi connectivity index (χ0n) is 29.4. The molecule has 2 fully saturated rings. The summed E-state index contributed by atoms with van der Waals surface area (Å²) in [6.45, 7) is 9.06. The number of aryl methyl sites for hydroxylation is 2. The molecule has 0 unspecified atom stereocenters. The Balaban J connectivity index is 1.40. The number of para-hydroxylation sites is 1. The zero-order chi connectivity index (χ0) is 35.6. The average Bonchev–Trinajstić information content (AvgIpc) is 3.91. The maximum atomic E-state index is 14.2. The summed E-state index contributed by atoms with van der Waals surface area (Å²) in [5.41, 5.74) is 4.16. The third kappa shape index (κ3) is 11.0. The summed E-state index contributed by atoms with van der Waals surface area (Å²) in [6, 6.07) is 24.9. The Hall–Kier alpha value is -2.91. The van der Waals surface area contributed by atoms with Gasteiger partial charge in [0.15, 0.2) is 0 Å². The Morgan fingerprint density at radius 3 is 2.08 bits per heavy atom. The predicted octanol–water partition coefficient (Wildman–Crippen LogP) is 6.85. The molecule has 3 aromatic carbocycles. The Kier molecular flexibility index (Phi) is 14.2. The third-order valence-electron chi connectivity index (χ3n) is 9.06. The van der Waals surface area contributed by atoms with Gasteiger partial charge in [0.05, 0.1) is 0 Å². The van der Waals surface area contributed by atoms with E-state index in [1.807, 2.05) is 105 Å². The number of amides is 4. The molecule has 11 heteroatoms. The number of rotatable bonds is 17. The van der Waals surface area contributed by atoms with Crippen LogP contribution in [0.1, 0.15) is 48.9 Å². The van der Waals surface area contributed by atoms with Gasteiger partial charge in [0.1, 0.15) is 0 Å². The van der Waals surface area contributed by atoms with Crippen molar-refractivity contribution in [2.45, 2.75) is 77.6 Å². The second-order valence-corrected chi connectivity index (χ2v) is 19.7. The van der Waals surface area contributed by atoms with E-state index in [2.05, 4.69) is 34.9 Å². The molecule has 2 aliphatic heterocycles. The summed E-state index contributed by atoms with van der Waals surface area (Å²) in [5, 5.41) is 6.68. The number of carbonyl (C=O) groups is 3. The molecule has 2 N–H and O–H groups in total. The fourth-order valence-corrected chi connectivity index (χ4v) is 10.4. The van der Waals surface area contributed by atoms with Gasteiger partial charge in [-0.05, 0) is 0 Å². The number of hydrogen-bond acceptors (Lipinski definition) is 5. The molecule has 270 valence electrons. The molecule has 0 saturated carbocycles. The number of hydrogen-bond donors (Lipinski definition) is 2. The Labute approximate surface area is 318 Å². The van der Waals surface area contributed by atoms with Crippen LogP contribution in [-0.4, -0.2) is 78.6 Å². The van der Waals surface area contributed by atoms with Gasteiger partial charge in [-0.25, -0.2) is 0 Å². The number of urea groups is 1. The van der Waals surface area contributed by atoms with E-state index >= 15 is 0 Å². The van der Waals surface area contributed by atoms with Crippen molar-refractivity contribution in [3.8, 4) is 5.75 Å². The van der Waals surface area contributed by atoms with Crippen LogP contribution in [0.15, 0.2) is 78.9 Å². The first kappa shape index (κ1) is 38.3. The van der Waals surface area contributed by atoms with Crippen molar-refractivity contribution < 1.29 is 22.2 Å². The van der Waals surface area contributed by atoms with Crippen LogP contribution >= 0.6 is 43.1 Å². The van der Waals surface area contributed by atoms with Gasteiger partial charge in [-0.15, -0.1) is 0 Å². The average molecular weight is 909 g/mol. The number of benzene rings is 3. The zero-order valence-corrected chi connectivity index (χ0v) is 33.8. The maximum absolute atomic E-state index is 14.2. The van der Waals surface area contributed by atoms with Gasteiger partial charge >= 0.3 is 321 Å². The summed E-state index contributed by atoms with van der Waals surface area (Å²) >= 11 is 0.479. The van der Waals surface area contributed by atoms with Crippen LogP contribution in [0.25, 0.3) is 0 Å². The van der Waals surface area contributed by atoms with Gasteiger partial charge in [0.25, 0.3) is 0 Å². The van der Waals surface area contributed by atoms with E-state index in [-0.39, 0.29) is 48.6 Å². The van der Waals surface area contributed by atoms with Gasteiger partial charge in [-0.1, -0.05) is 0 Å². The van der Waals surface area contributed by atoms with Gasteiger partial charge < -0.3 is 0 Å². The van der Waals surface area contributed by atoms with Crippen LogP contribution in [0.4, 0.5) is 4.79 Å². The van der Waals surface area contributed by atoms with Crippen LogP contribution in [0.2, 0.25) is 0 Å². The molecule has 4 amide bonds. The fraction of sp³-hybridized carbons (Fsp3) is 0.462. The molecule has 0 aromatic heterocycles. The molecule has 4 atom stereocenters. The quantitative estimate of drug-likeness (QED) is 0.0878. The standard InChI is InChI=1S/C39H50I2N4O5/c1-27(2)36(44-21-12-22-45(40)39(44)48)38(47)42-32(23-30-15-7-5-8-16-30)25-34(50-41-19-20-41)33(24-31-17-9-6-10-18-31)43-35(46)26-49-37-28(3)13-11-14-29(37)4/h5-11,13-18,27,32-34,36H,12,19-26H2,1-4H3,(H,42,47)(H,43,46)/t32-,33-,34-,36-/m0/s1. The van der Waals surface area contributed by atoms with Crippen molar-refractivity contribution in [3.63, 3.8) is 0 Å².